The molecule has 0 aliphatic carbocycles. The van der Waals surface area contributed by atoms with Crippen molar-refractivity contribution in [2.45, 2.75) is 18.0 Å². The third kappa shape index (κ3) is 6.67. The summed E-state index contributed by atoms with van der Waals surface area (Å²) >= 11 is 0. The zero-order valence-corrected chi connectivity index (χ0v) is 18.7. The van der Waals surface area contributed by atoms with Crippen molar-refractivity contribution < 1.29 is 13.2 Å². The molecule has 0 aliphatic rings. The largest absolute Gasteiger partial charge is 0.496 e. The van der Waals surface area contributed by atoms with Crippen molar-refractivity contribution in [1.82, 2.24) is 15.4 Å². The molecule has 0 amide bonds. The molecule has 0 aliphatic heterocycles. The maximum atomic E-state index is 11.7. The molecule has 9 heteroatoms. The van der Waals surface area contributed by atoms with E-state index in [4.69, 9.17) is 4.74 Å². The van der Waals surface area contributed by atoms with Crippen molar-refractivity contribution in [3.63, 3.8) is 0 Å². The molecular formula is C18H25IN4O3S. The molecule has 0 fully saturated rings. The summed E-state index contributed by atoms with van der Waals surface area (Å²) in [5, 5.41) is 6.43. The molecule has 27 heavy (non-hydrogen) atoms. The molecule has 0 radical (unpaired) electrons. The van der Waals surface area contributed by atoms with Crippen LogP contribution in [-0.2, 0) is 23.1 Å². The lowest BCUT2D eigenvalue weighted by molar-refractivity contribution is 0.409. The number of methoxy groups -OCH3 is 1. The number of guanidine groups is 1. The molecule has 3 N–H and O–H groups in total. The van der Waals surface area contributed by atoms with Gasteiger partial charge < -0.3 is 15.4 Å². The predicted molar refractivity (Wildman–Crippen MR) is 118 cm³/mol. The molecule has 2 rings (SSSR count). The fourth-order valence-electron chi connectivity index (χ4n) is 2.34. The third-order valence-electron chi connectivity index (χ3n) is 3.82. The monoisotopic (exact) mass is 504 g/mol. The number of aliphatic imine (C=N–C) groups is 1. The minimum atomic E-state index is -3.42. The van der Waals surface area contributed by atoms with E-state index in [1.54, 1.807) is 38.4 Å². The number of ether oxygens (including phenoxy) is 1. The number of sulfonamides is 1. The minimum absolute atomic E-state index is 0. The van der Waals surface area contributed by atoms with Gasteiger partial charge in [-0.3, -0.25) is 4.99 Å². The van der Waals surface area contributed by atoms with Crippen LogP contribution < -0.4 is 20.1 Å². The van der Waals surface area contributed by atoms with Gasteiger partial charge in [-0.05, 0) is 30.8 Å². The molecule has 0 saturated carbocycles. The summed E-state index contributed by atoms with van der Waals surface area (Å²) in [5.74, 6) is 1.46. The van der Waals surface area contributed by atoms with Crippen molar-refractivity contribution >= 4 is 40.0 Å². The first-order chi connectivity index (χ1) is 12.5. The van der Waals surface area contributed by atoms with E-state index in [9.17, 15) is 8.42 Å². The summed E-state index contributed by atoms with van der Waals surface area (Å²) in [6, 6.07) is 14.5. The lowest BCUT2D eigenvalue weighted by Crippen LogP contribution is -2.36. The first-order valence-electron chi connectivity index (χ1n) is 8.09. The summed E-state index contributed by atoms with van der Waals surface area (Å²) in [7, 11) is 1.31. The topological polar surface area (TPSA) is 91.8 Å². The van der Waals surface area contributed by atoms with E-state index in [0.717, 1.165) is 16.9 Å². The normalized spacial score (nSPS) is 11.4. The number of halogens is 1. The molecule has 0 unspecified atom stereocenters. The average Bonchev–Trinajstić information content (AvgIpc) is 2.68. The van der Waals surface area contributed by atoms with Crippen molar-refractivity contribution in [1.29, 1.82) is 0 Å². The summed E-state index contributed by atoms with van der Waals surface area (Å²) in [6.45, 7) is 1.09. The van der Waals surface area contributed by atoms with Crippen LogP contribution in [-0.4, -0.2) is 35.6 Å². The van der Waals surface area contributed by atoms with Gasteiger partial charge in [0.05, 0.1) is 12.0 Å². The van der Waals surface area contributed by atoms with Crippen LogP contribution in [0.3, 0.4) is 0 Å². The molecule has 0 saturated heterocycles. The van der Waals surface area contributed by atoms with Crippen LogP contribution in [0.25, 0.3) is 0 Å². The van der Waals surface area contributed by atoms with Gasteiger partial charge in [0.25, 0.3) is 0 Å². The van der Waals surface area contributed by atoms with Gasteiger partial charge in [-0.2, -0.15) is 0 Å². The van der Waals surface area contributed by atoms with E-state index in [0.29, 0.717) is 19.0 Å². The zero-order valence-electron chi connectivity index (χ0n) is 15.5. The van der Waals surface area contributed by atoms with E-state index >= 15 is 0 Å². The molecular weight excluding hydrogens is 479 g/mol. The van der Waals surface area contributed by atoms with Crippen LogP contribution in [0.4, 0.5) is 0 Å². The summed E-state index contributed by atoms with van der Waals surface area (Å²) < 4.78 is 31.1. The summed E-state index contributed by atoms with van der Waals surface area (Å²) in [5.41, 5.74) is 1.97. The first kappa shape index (κ1) is 23.2. The number of rotatable bonds is 7. The Labute approximate surface area is 177 Å². The van der Waals surface area contributed by atoms with Gasteiger partial charge in [0.15, 0.2) is 5.96 Å². The number of hydrogen-bond donors (Lipinski definition) is 3. The molecule has 2 aromatic carbocycles. The molecule has 0 heterocycles. The fourth-order valence-corrected chi connectivity index (χ4v) is 3.07. The highest BCUT2D eigenvalue weighted by Crippen LogP contribution is 2.16. The Morgan fingerprint density at radius 1 is 1.04 bits per heavy atom. The van der Waals surface area contributed by atoms with Gasteiger partial charge in [0.2, 0.25) is 10.0 Å². The minimum Gasteiger partial charge on any atom is -0.496 e. The average molecular weight is 504 g/mol. The van der Waals surface area contributed by atoms with Gasteiger partial charge in [-0.25, -0.2) is 13.1 Å². The molecule has 0 spiro atoms. The zero-order chi connectivity index (χ0) is 19.0. The second-order valence-electron chi connectivity index (χ2n) is 5.44. The van der Waals surface area contributed by atoms with Gasteiger partial charge in [-0.1, -0.05) is 30.3 Å². The number of benzene rings is 2. The molecule has 0 bridgehead atoms. The lowest BCUT2D eigenvalue weighted by Gasteiger charge is -2.14. The van der Waals surface area contributed by atoms with Crippen LogP contribution in [0.5, 0.6) is 5.75 Å². The van der Waals surface area contributed by atoms with E-state index in [2.05, 4.69) is 20.3 Å². The number of nitrogens with zero attached hydrogens (tertiary/aromatic N) is 1. The van der Waals surface area contributed by atoms with Gasteiger partial charge >= 0.3 is 0 Å². The smallest absolute Gasteiger partial charge is 0.240 e. The van der Waals surface area contributed by atoms with Crippen LogP contribution >= 0.6 is 24.0 Å². The Morgan fingerprint density at radius 2 is 1.67 bits per heavy atom. The molecule has 0 aromatic heterocycles. The predicted octanol–water partition coefficient (Wildman–Crippen LogP) is 2.09. The Hall–Kier alpha value is -1.85. The molecule has 2 aromatic rings. The molecule has 148 valence electrons. The van der Waals surface area contributed by atoms with Gasteiger partial charge in [0, 0.05) is 25.7 Å². The fraction of sp³-hybridized carbons (Fsp3) is 0.278. The summed E-state index contributed by atoms with van der Waals surface area (Å²) in [4.78, 5) is 4.43. The second-order valence-corrected chi connectivity index (χ2v) is 7.33. The van der Waals surface area contributed by atoms with Crippen LogP contribution in [0.15, 0.2) is 58.4 Å². The number of nitrogens with one attached hydrogen (secondary N) is 3. The first-order valence-corrected chi connectivity index (χ1v) is 9.57. The van der Waals surface area contributed by atoms with Crippen LogP contribution in [0.1, 0.15) is 11.1 Å². The molecule has 0 atom stereocenters. The van der Waals surface area contributed by atoms with E-state index in [1.165, 1.54) is 7.05 Å². The standard InChI is InChI=1S/C18H24N4O3S.HI/c1-19-18(22-13-15-6-4-5-7-17(15)25-3)21-12-14-8-10-16(11-9-14)26(23,24)20-2;/h4-11,20H,12-13H2,1-3H3,(H2,19,21,22);1H. The van der Waals surface area contributed by atoms with Gasteiger partial charge in [0.1, 0.15) is 5.75 Å². The SMILES string of the molecule is CN=C(NCc1ccc(S(=O)(=O)NC)cc1)NCc1ccccc1OC.I. The Balaban J connectivity index is 0.00000364. The number of para-hydroxylation sites is 1. The van der Waals surface area contributed by atoms with Crippen molar-refractivity contribution in [2.75, 3.05) is 21.2 Å². The van der Waals surface area contributed by atoms with E-state index in [-0.39, 0.29) is 28.9 Å². The summed E-state index contributed by atoms with van der Waals surface area (Å²) in [6.07, 6.45) is 0. The Bertz CT molecular complexity index is 855. The van der Waals surface area contributed by atoms with E-state index < -0.39 is 10.0 Å². The third-order valence-corrected chi connectivity index (χ3v) is 5.25. The van der Waals surface area contributed by atoms with Crippen LogP contribution in [0.2, 0.25) is 0 Å². The highest BCUT2D eigenvalue weighted by atomic mass is 127. The second kappa shape index (κ2) is 11.1. The van der Waals surface area contributed by atoms with Gasteiger partial charge in [-0.15, -0.1) is 24.0 Å². The maximum absolute atomic E-state index is 11.7. The highest BCUT2D eigenvalue weighted by molar-refractivity contribution is 14.0. The van der Waals surface area contributed by atoms with Crippen LogP contribution in [0, 0.1) is 0 Å². The Morgan fingerprint density at radius 3 is 2.26 bits per heavy atom. The van der Waals surface area contributed by atoms with Crippen molar-refractivity contribution in [3.8, 4) is 5.75 Å². The van der Waals surface area contributed by atoms with Crippen molar-refractivity contribution in [2.24, 2.45) is 4.99 Å². The molecule has 7 nitrogen and oxygen atoms in total. The highest BCUT2D eigenvalue weighted by Gasteiger charge is 2.10. The van der Waals surface area contributed by atoms with E-state index in [1.807, 2.05) is 24.3 Å². The maximum Gasteiger partial charge on any atom is 0.240 e. The quantitative estimate of drug-likeness (QED) is 0.305. The number of hydrogen-bond acceptors (Lipinski definition) is 4. The van der Waals surface area contributed by atoms with Crippen molar-refractivity contribution in [3.05, 3.63) is 59.7 Å². The Kier molecular flexibility index (Phi) is 9.53. The lowest BCUT2D eigenvalue weighted by atomic mass is 10.2.